The number of carbonyl (C=O) groups excluding carboxylic acids is 1. The first-order chi connectivity index (χ1) is 7.33. The van der Waals surface area contributed by atoms with Crippen molar-refractivity contribution in [2.24, 2.45) is 5.73 Å². The van der Waals surface area contributed by atoms with E-state index >= 15 is 0 Å². The van der Waals surface area contributed by atoms with Crippen molar-refractivity contribution in [3.63, 3.8) is 0 Å². The number of carbonyl (C=O) groups is 1. The molecule has 0 aliphatic carbocycles. The lowest BCUT2D eigenvalue weighted by Crippen LogP contribution is -2.51. The normalized spacial score (nSPS) is 26.7. The summed E-state index contributed by atoms with van der Waals surface area (Å²) >= 11 is 0. The Labute approximate surface area is 95.9 Å². The maximum atomic E-state index is 13.2. The van der Waals surface area contributed by atoms with Crippen LogP contribution in [0.4, 0.5) is 9.18 Å². The number of halogens is 1. The van der Waals surface area contributed by atoms with Gasteiger partial charge in [-0.15, -0.1) is 0 Å². The van der Waals surface area contributed by atoms with Crippen LogP contribution in [-0.2, 0) is 4.74 Å². The molecule has 0 aromatic heterocycles. The number of likely N-dealkylation sites (tertiary alicyclic amines) is 1. The Morgan fingerprint density at radius 2 is 2.19 bits per heavy atom. The smallest absolute Gasteiger partial charge is 0.410 e. The van der Waals surface area contributed by atoms with Crippen LogP contribution in [0.1, 0.15) is 33.6 Å². The first-order valence-corrected chi connectivity index (χ1v) is 5.67. The fourth-order valence-corrected chi connectivity index (χ4v) is 1.79. The first kappa shape index (κ1) is 13.2. The van der Waals surface area contributed by atoms with Crippen LogP contribution >= 0.6 is 0 Å². The third-order valence-corrected chi connectivity index (χ3v) is 2.55. The molecule has 0 unspecified atom stereocenters. The van der Waals surface area contributed by atoms with Gasteiger partial charge in [0.25, 0.3) is 0 Å². The van der Waals surface area contributed by atoms with Crippen LogP contribution in [-0.4, -0.2) is 41.9 Å². The number of hydrogen-bond acceptors (Lipinski definition) is 3. The van der Waals surface area contributed by atoms with E-state index in [1.807, 2.05) is 20.8 Å². The van der Waals surface area contributed by atoms with Crippen molar-refractivity contribution in [3.8, 4) is 0 Å². The maximum Gasteiger partial charge on any atom is 0.410 e. The van der Waals surface area contributed by atoms with Gasteiger partial charge in [-0.1, -0.05) is 0 Å². The molecule has 2 atom stereocenters. The topological polar surface area (TPSA) is 55.6 Å². The first-order valence-electron chi connectivity index (χ1n) is 5.67. The molecular formula is C11H21FN2O2. The molecule has 2 N–H and O–H groups in total. The Morgan fingerprint density at radius 1 is 1.56 bits per heavy atom. The van der Waals surface area contributed by atoms with Crippen molar-refractivity contribution in [3.05, 3.63) is 0 Å². The zero-order valence-corrected chi connectivity index (χ0v) is 10.2. The Balaban J connectivity index is 2.60. The quantitative estimate of drug-likeness (QED) is 0.748. The van der Waals surface area contributed by atoms with Crippen LogP contribution in [0.5, 0.6) is 0 Å². The average Bonchev–Trinajstić information content (AvgIpc) is 2.14. The van der Waals surface area contributed by atoms with Gasteiger partial charge >= 0.3 is 6.09 Å². The summed E-state index contributed by atoms with van der Waals surface area (Å²) in [6.45, 7) is 6.09. The van der Waals surface area contributed by atoms with E-state index in [0.717, 1.165) is 0 Å². The molecule has 0 bridgehead atoms. The third kappa shape index (κ3) is 3.63. The van der Waals surface area contributed by atoms with Crippen molar-refractivity contribution in [1.29, 1.82) is 0 Å². The van der Waals surface area contributed by atoms with Gasteiger partial charge in [0.1, 0.15) is 11.8 Å². The van der Waals surface area contributed by atoms with Gasteiger partial charge in [0.05, 0.1) is 6.04 Å². The number of nitrogens with zero attached hydrogens (tertiary/aromatic N) is 1. The molecule has 16 heavy (non-hydrogen) atoms. The van der Waals surface area contributed by atoms with Crippen LogP contribution in [0.15, 0.2) is 0 Å². The Bertz CT molecular complexity index is 253. The summed E-state index contributed by atoms with van der Waals surface area (Å²) in [6, 6.07) is -0.237. The van der Waals surface area contributed by atoms with E-state index in [1.54, 1.807) is 4.90 Å². The van der Waals surface area contributed by atoms with Gasteiger partial charge in [0.15, 0.2) is 0 Å². The van der Waals surface area contributed by atoms with Gasteiger partial charge in [-0.3, -0.25) is 0 Å². The van der Waals surface area contributed by atoms with Crippen molar-refractivity contribution >= 4 is 6.09 Å². The monoisotopic (exact) mass is 232 g/mol. The fourth-order valence-electron chi connectivity index (χ4n) is 1.79. The molecule has 1 aliphatic rings. The fraction of sp³-hybridized carbons (Fsp3) is 0.909. The lowest BCUT2D eigenvalue weighted by molar-refractivity contribution is 0.00344. The number of rotatable bonds is 1. The van der Waals surface area contributed by atoms with Crippen molar-refractivity contribution in [2.75, 3.05) is 13.1 Å². The Hall–Kier alpha value is -0.840. The number of ether oxygens (including phenoxy) is 1. The minimum absolute atomic E-state index is 0.237. The molecule has 1 heterocycles. The molecule has 1 rings (SSSR count). The Morgan fingerprint density at radius 3 is 2.69 bits per heavy atom. The lowest BCUT2D eigenvalue weighted by Gasteiger charge is -2.37. The van der Waals surface area contributed by atoms with Gasteiger partial charge in [0.2, 0.25) is 0 Å². The summed E-state index contributed by atoms with van der Waals surface area (Å²) in [5, 5.41) is 0. The largest absolute Gasteiger partial charge is 0.444 e. The molecule has 5 heteroatoms. The van der Waals surface area contributed by atoms with E-state index < -0.39 is 17.9 Å². The lowest BCUT2D eigenvalue weighted by atomic mass is 10.0. The summed E-state index contributed by atoms with van der Waals surface area (Å²) in [5.74, 6) is 0. The SMILES string of the molecule is CC(C)(C)OC(=O)N1CC[C@H](F)C[C@H]1CN. The van der Waals surface area contributed by atoms with E-state index in [1.165, 1.54) is 0 Å². The third-order valence-electron chi connectivity index (χ3n) is 2.55. The van der Waals surface area contributed by atoms with Crippen LogP contribution in [0.2, 0.25) is 0 Å². The van der Waals surface area contributed by atoms with Gasteiger partial charge in [0, 0.05) is 19.5 Å². The highest BCUT2D eigenvalue weighted by molar-refractivity contribution is 5.68. The highest BCUT2D eigenvalue weighted by atomic mass is 19.1. The number of amides is 1. The summed E-state index contributed by atoms with van der Waals surface area (Å²) in [4.78, 5) is 13.4. The molecule has 1 fully saturated rings. The Kier molecular flexibility index (Phi) is 4.13. The highest BCUT2D eigenvalue weighted by Crippen LogP contribution is 2.21. The van der Waals surface area contributed by atoms with Crippen LogP contribution in [0.3, 0.4) is 0 Å². The predicted octanol–water partition coefficient (Wildman–Crippen LogP) is 1.68. The number of piperidine rings is 1. The summed E-state index contributed by atoms with van der Waals surface area (Å²) in [5.41, 5.74) is 5.02. The number of alkyl halides is 1. The van der Waals surface area contributed by atoms with E-state index in [-0.39, 0.29) is 12.6 Å². The van der Waals surface area contributed by atoms with Gasteiger partial charge in [-0.2, -0.15) is 0 Å². The summed E-state index contributed by atoms with van der Waals surface area (Å²) in [6.07, 6.45) is -0.562. The number of hydrogen-bond donors (Lipinski definition) is 1. The van der Waals surface area contributed by atoms with E-state index in [9.17, 15) is 9.18 Å². The van der Waals surface area contributed by atoms with Crippen LogP contribution in [0, 0.1) is 0 Å². The second-order valence-electron chi connectivity index (χ2n) is 5.18. The molecule has 4 nitrogen and oxygen atoms in total. The molecule has 1 aliphatic heterocycles. The summed E-state index contributed by atoms with van der Waals surface area (Å²) < 4.78 is 18.4. The van der Waals surface area contributed by atoms with E-state index in [0.29, 0.717) is 19.4 Å². The average molecular weight is 232 g/mol. The van der Waals surface area contributed by atoms with Crippen LogP contribution < -0.4 is 5.73 Å². The summed E-state index contributed by atoms with van der Waals surface area (Å²) in [7, 11) is 0. The van der Waals surface area contributed by atoms with Gasteiger partial charge in [-0.05, 0) is 27.2 Å². The highest BCUT2D eigenvalue weighted by Gasteiger charge is 2.33. The molecular weight excluding hydrogens is 211 g/mol. The number of nitrogens with two attached hydrogens (primary N) is 1. The zero-order chi connectivity index (χ0) is 12.3. The van der Waals surface area contributed by atoms with Crippen molar-refractivity contribution in [2.45, 2.75) is 51.4 Å². The van der Waals surface area contributed by atoms with Gasteiger partial charge in [-0.25, -0.2) is 9.18 Å². The van der Waals surface area contributed by atoms with Crippen molar-refractivity contribution < 1.29 is 13.9 Å². The second kappa shape index (κ2) is 4.99. The van der Waals surface area contributed by atoms with Crippen LogP contribution in [0.25, 0.3) is 0 Å². The predicted molar refractivity (Wildman–Crippen MR) is 59.9 cm³/mol. The minimum Gasteiger partial charge on any atom is -0.444 e. The molecule has 0 aromatic rings. The zero-order valence-electron chi connectivity index (χ0n) is 10.2. The molecule has 0 aromatic carbocycles. The maximum absolute atomic E-state index is 13.2. The molecule has 1 saturated heterocycles. The molecule has 0 saturated carbocycles. The van der Waals surface area contributed by atoms with E-state index in [2.05, 4.69) is 0 Å². The van der Waals surface area contributed by atoms with Crippen molar-refractivity contribution in [1.82, 2.24) is 4.90 Å². The van der Waals surface area contributed by atoms with Gasteiger partial charge < -0.3 is 15.4 Å². The molecule has 94 valence electrons. The molecule has 0 radical (unpaired) electrons. The second-order valence-corrected chi connectivity index (χ2v) is 5.18. The molecule has 0 spiro atoms. The van der Waals surface area contributed by atoms with E-state index in [4.69, 9.17) is 10.5 Å². The molecule has 1 amide bonds. The minimum atomic E-state index is -0.854. The standard InChI is InChI=1S/C11H21FN2O2/c1-11(2,3)16-10(15)14-5-4-8(12)6-9(14)7-13/h8-9H,4-7,13H2,1-3H3/t8-,9-/m0/s1.